The summed E-state index contributed by atoms with van der Waals surface area (Å²) in [5, 5.41) is 0. The summed E-state index contributed by atoms with van der Waals surface area (Å²) >= 11 is 0. The van der Waals surface area contributed by atoms with E-state index in [-0.39, 0.29) is 11.9 Å². The highest BCUT2D eigenvalue weighted by atomic mass is 16.5. The fourth-order valence-electron chi connectivity index (χ4n) is 2.81. The number of ether oxygens (including phenoxy) is 2. The second-order valence-electron chi connectivity index (χ2n) is 6.97. The van der Waals surface area contributed by atoms with Gasteiger partial charge in [0.25, 0.3) is 0 Å². The van der Waals surface area contributed by atoms with Crippen LogP contribution in [0.5, 0.6) is 0 Å². The fraction of sp³-hybridized carbons (Fsp3) is 0.818. The molecule has 4 heteroatoms. The Morgan fingerprint density at radius 3 is 1.19 bits per heavy atom. The second-order valence-corrected chi connectivity index (χ2v) is 6.97. The van der Waals surface area contributed by atoms with Crippen molar-refractivity contribution in [2.45, 2.75) is 104 Å². The van der Waals surface area contributed by atoms with Gasteiger partial charge in [-0.25, -0.2) is 0 Å². The lowest BCUT2D eigenvalue weighted by Crippen LogP contribution is -2.00. The van der Waals surface area contributed by atoms with Gasteiger partial charge in [0, 0.05) is 13.8 Å². The highest BCUT2D eigenvalue weighted by Crippen LogP contribution is 2.10. The summed E-state index contributed by atoms with van der Waals surface area (Å²) in [6, 6.07) is 0. The first-order valence-corrected chi connectivity index (χ1v) is 10.5. The van der Waals surface area contributed by atoms with Gasteiger partial charge in [-0.2, -0.15) is 0 Å². The van der Waals surface area contributed by atoms with E-state index < -0.39 is 0 Å². The lowest BCUT2D eigenvalue weighted by Gasteiger charge is -2.02. The molecule has 0 spiro atoms. The molecule has 0 rings (SSSR count). The molecule has 0 N–H and O–H groups in total. The molecule has 0 radical (unpaired) electrons. The van der Waals surface area contributed by atoms with Gasteiger partial charge in [0.1, 0.15) is 0 Å². The number of carbonyl (C=O) groups is 2. The molecule has 0 fully saturated rings. The topological polar surface area (TPSA) is 52.6 Å². The molecule has 0 unspecified atom stereocenters. The molecule has 0 bridgehead atoms. The molecule has 0 saturated carbocycles. The zero-order valence-corrected chi connectivity index (χ0v) is 17.1. The Bertz CT molecular complexity index is 329. The van der Waals surface area contributed by atoms with Crippen molar-refractivity contribution < 1.29 is 19.1 Å². The van der Waals surface area contributed by atoms with Crippen LogP contribution in [0.2, 0.25) is 0 Å². The molecule has 0 aliphatic heterocycles. The molecule has 0 aliphatic carbocycles. The number of rotatable bonds is 18. The average molecular weight is 369 g/mol. The highest BCUT2D eigenvalue weighted by molar-refractivity contribution is 5.66. The number of allylic oxidation sites excluding steroid dienone is 2. The molecule has 152 valence electrons. The van der Waals surface area contributed by atoms with Crippen LogP contribution >= 0.6 is 0 Å². The average Bonchev–Trinajstić information content (AvgIpc) is 2.59. The Morgan fingerprint density at radius 2 is 0.846 bits per heavy atom. The van der Waals surface area contributed by atoms with Crippen molar-refractivity contribution in [1.29, 1.82) is 0 Å². The van der Waals surface area contributed by atoms with Crippen LogP contribution in [-0.2, 0) is 19.1 Å². The van der Waals surface area contributed by atoms with Gasteiger partial charge in [-0.1, -0.05) is 63.5 Å². The quantitative estimate of drug-likeness (QED) is 0.166. The Morgan fingerprint density at radius 1 is 0.538 bits per heavy atom. The van der Waals surface area contributed by atoms with Gasteiger partial charge in [0.05, 0.1) is 13.2 Å². The van der Waals surface area contributed by atoms with E-state index in [4.69, 9.17) is 9.47 Å². The van der Waals surface area contributed by atoms with Gasteiger partial charge in [-0.15, -0.1) is 0 Å². The number of hydrogen-bond acceptors (Lipinski definition) is 4. The van der Waals surface area contributed by atoms with E-state index in [0.717, 1.165) is 25.7 Å². The Labute approximate surface area is 160 Å². The molecule has 0 saturated heterocycles. The van der Waals surface area contributed by atoms with Crippen molar-refractivity contribution in [3.05, 3.63) is 12.2 Å². The SMILES string of the molecule is CC(=O)OCCCCCCCC/C=C/CCCCCCCCOC(C)=O. The molecular formula is C22H40O4. The third-order valence-electron chi connectivity index (χ3n) is 4.31. The van der Waals surface area contributed by atoms with E-state index in [0.29, 0.717) is 13.2 Å². The number of esters is 2. The summed E-state index contributed by atoms with van der Waals surface area (Å²) in [6.45, 7) is 4.08. The molecule has 0 aliphatic rings. The van der Waals surface area contributed by atoms with Crippen molar-refractivity contribution in [2.75, 3.05) is 13.2 Å². The van der Waals surface area contributed by atoms with Gasteiger partial charge in [0.2, 0.25) is 0 Å². The zero-order chi connectivity index (χ0) is 19.3. The van der Waals surface area contributed by atoms with Crippen molar-refractivity contribution in [1.82, 2.24) is 0 Å². The predicted molar refractivity (Wildman–Crippen MR) is 107 cm³/mol. The van der Waals surface area contributed by atoms with E-state index >= 15 is 0 Å². The molecule has 0 amide bonds. The summed E-state index contributed by atoms with van der Waals surface area (Å²) in [5.74, 6) is -0.346. The minimum Gasteiger partial charge on any atom is -0.466 e. The van der Waals surface area contributed by atoms with Crippen LogP contribution in [0.4, 0.5) is 0 Å². The van der Waals surface area contributed by atoms with Crippen molar-refractivity contribution in [3.8, 4) is 0 Å². The van der Waals surface area contributed by atoms with E-state index in [1.165, 1.54) is 78.1 Å². The Balaban J connectivity index is 3.11. The summed E-state index contributed by atoms with van der Waals surface area (Å²) in [4.78, 5) is 21.2. The van der Waals surface area contributed by atoms with Crippen LogP contribution in [0, 0.1) is 0 Å². The first kappa shape index (κ1) is 24.7. The molecule has 0 aromatic rings. The monoisotopic (exact) mass is 368 g/mol. The number of unbranched alkanes of at least 4 members (excludes halogenated alkanes) is 12. The van der Waals surface area contributed by atoms with Crippen molar-refractivity contribution in [2.24, 2.45) is 0 Å². The summed E-state index contributed by atoms with van der Waals surface area (Å²) < 4.78 is 9.83. The summed E-state index contributed by atoms with van der Waals surface area (Å²) in [6.07, 6.45) is 21.6. The molecular weight excluding hydrogens is 328 g/mol. The third-order valence-corrected chi connectivity index (χ3v) is 4.31. The molecule has 0 heterocycles. The van der Waals surface area contributed by atoms with Gasteiger partial charge in [0.15, 0.2) is 0 Å². The zero-order valence-electron chi connectivity index (χ0n) is 17.1. The number of hydrogen-bond donors (Lipinski definition) is 0. The van der Waals surface area contributed by atoms with Crippen molar-refractivity contribution >= 4 is 11.9 Å². The number of carbonyl (C=O) groups excluding carboxylic acids is 2. The van der Waals surface area contributed by atoms with Gasteiger partial charge < -0.3 is 9.47 Å². The molecule has 4 nitrogen and oxygen atoms in total. The second kappa shape index (κ2) is 20.0. The Hall–Kier alpha value is -1.32. The maximum atomic E-state index is 10.6. The van der Waals surface area contributed by atoms with E-state index in [2.05, 4.69) is 12.2 Å². The van der Waals surface area contributed by atoms with Crippen LogP contribution in [0.3, 0.4) is 0 Å². The standard InChI is InChI=1S/C22H40O4/c1-21(23)25-19-17-15-13-11-9-7-5-3-4-6-8-10-12-14-16-18-20-26-22(2)24/h3-4H,5-20H2,1-2H3/b4-3+. The predicted octanol–water partition coefficient (Wildman–Crippen LogP) is 6.13. The lowest BCUT2D eigenvalue weighted by atomic mass is 10.1. The van der Waals surface area contributed by atoms with Gasteiger partial charge >= 0.3 is 11.9 Å². The van der Waals surface area contributed by atoms with Crippen LogP contribution in [0.1, 0.15) is 104 Å². The highest BCUT2D eigenvalue weighted by Gasteiger charge is 1.95. The normalized spacial score (nSPS) is 11.0. The molecule has 26 heavy (non-hydrogen) atoms. The van der Waals surface area contributed by atoms with E-state index in [9.17, 15) is 9.59 Å². The minimum atomic E-state index is -0.173. The third kappa shape index (κ3) is 22.7. The van der Waals surface area contributed by atoms with Crippen molar-refractivity contribution in [3.63, 3.8) is 0 Å². The lowest BCUT2D eigenvalue weighted by molar-refractivity contribution is -0.142. The van der Waals surface area contributed by atoms with Crippen LogP contribution in [0.15, 0.2) is 12.2 Å². The smallest absolute Gasteiger partial charge is 0.302 e. The van der Waals surface area contributed by atoms with Gasteiger partial charge in [-0.05, 0) is 38.5 Å². The van der Waals surface area contributed by atoms with E-state index in [1.54, 1.807) is 0 Å². The van der Waals surface area contributed by atoms with E-state index in [1.807, 2.05) is 0 Å². The first-order chi connectivity index (χ1) is 12.6. The Kier molecular flexibility index (Phi) is 19.0. The molecule has 0 aromatic carbocycles. The maximum absolute atomic E-state index is 10.6. The first-order valence-electron chi connectivity index (χ1n) is 10.5. The summed E-state index contributed by atoms with van der Waals surface area (Å²) in [5.41, 5.74) is 0. The van der Waals surface area contributed by atoms with Gasteiger partial charge in [-0.3, -0.25) is 9.59 Å². The minimum absolute atomic E-state index is 0.173. The van der Waals surface area contributed by atoms with Crippen LogP contribution in [-0.4, -0.2) is 25.2 Å². The maximum Gasteiger partial charge on any atom is 0.302 e. The molecule has 0 aromatic heterocycles. The largest absolute Gasteiger partial charge is 0.466 e. The fourth-order valence-corrected chi connectivity index (χ4v) is 2.81. The summed E-state index contributed by atoms with van der Waals surface area (Å²) in [7, 11) is 0. The van der Waals surface area contributed by atoms with Crippen LogP contribution in [0.25, 0.3) is 0 Å². The van der Waals surface area contributed by atoms with Crippen LogP contribution < -0.4 is 0 Å². The molecule has 0 atom stereocenters.